The molecule has 2 N–H and O–H groups in total. The van der Waals surface area contributed by atoms with Crippen LogP contribution >= 0.6 is 11.6 Å². The number of hydrogen-bond acceptors (Lipinski definition) is 2. The maximum Gasteiger partial charge on any atom is 0.0990 e. The number of benzene rings is 1. The van der Waals surface area contributed by atoms with E-state index >= 15 is 0 Å². The van der Waals surface area contributed by atoms with E-state index in [0.29, 0.717) is 0 Å². The summed E-state index contributed by atoms with van der Waals surface area (Å²) in [6, 6.07) is 5.95. The van der Waals surface area contributed by atoms with Gasteiger partial charge in [0.1, 0.15) is 0 Å². The van der Waals surface area contributed by atoms with Crippen LogP contribution in [0.15, 0.2) is 18.2 Å². The summed E-state index contributed by atoms with van der Waals surface area (Å²) in [6.45, 7) is 2.68. The number of ether oxygens (including phenoxy) is 1. The van der Waals surface area contributed by atoms with Crippen LogP contribution < -0.4 is 5.73 Å². The Labute approximate surface area is 89.0 Å². The Morgan fingerprint density at radius 1 is 1.57 bits per heavy atom. The predicted octanol–water partition coefficient (Wildman–Crippen LogP) is 2.30. The first kappa shape index (κ1) is 9.97. The van der Waals surface area contributed by atoms with Gasteiger partial charge in [0.05, 0.1) is 12.7 Å². The van der Waals surface area contributed by atoms with Crippen molar-refractivity contribution < 1.29 is 4.74 Å². The van der Waals surface area contributed by atoms with E-state index in [1.54, 1.807) is 0 Å². The third-order valence-corrected chi connectivity index (χ3v) is 2.90. The zero-order chi connectivity index (χ0) is 10.1. The molecule has 0 saturated heterocycles. The maximum atomic E-state index is 6.15. The smallest absolute Gasteiger partial charge is 0.0990 e. The van der Waals surface area contributed by atoms with Gasteiger partial charge in [-0.3, -0.25) is 0 Å². The SMILES string of the molecule is C[C@H](N)[C@H]1OCCc2cccc(Cl)c21. The van der Waals surface area contributed by atoms with Crippen molar-refractivity contribution in [3.05, 3.63) is 34.3 Å². The Morgan fingerprint density at radius 3 is 3.07 bits per heavy atom. The second-order valence-electron chi connectivity index (χ2n) is 3.71. The third kappa shape index (κ3) is 1.65. The van der Waals surface area contributed by atoms with Crippen LogP contribution in [-0.4, -0.2) is 12.6 Å². The largest absolute Gasteiger partial charge is 0.372 e. The molecule has 0 fully saturated rings. The van der Waals surface area contributed by atoms with Crippen molar-refractivity contribution in [3.63, 3.8) is 0 Å². The molecule has 0 saturated carbocycles. The molecule has 0 radical (unpaired) electrons. The summed E-state index contributed by atoms with van der Waals surface area (Å²) in [5.74, 6) is 0. The summed E-state index contributed by atoms with van der Waals surface area (Å²) in [5.41, 5.74) is 8.22. The van der Waals surface area contributed by atoms with E-state index < -0.39 is 0 Å². The molecule has 0 unspecified atom stereocenters. The van der Waals surface area contributed by atoms with Crippen molar-refractivity contribution in [2.45, 2.75) is 25.5 Å². The van der Waals surface area contributed by atoms with Crippen LogP contribution in [0.3, 0.4) is 0 Å². The van der Waals surface area contributed by atoms with Crippen LogP contribution in [0.4, 0.5) is 0 Å². The van der Waals surface area contributed by atoms with Crippen molar-refractivity contribution >= 4 is 11.6 Å². The molecule has 3 heteroatoms. The number of nitrogens with two attached hydrogens (primary N) is 1. The summed E-state index contributed by atoms with van der Waals surface area (Å²) in [5, 5.41) is 0.768. The normalized spacial score (nSPS) is 22.9. The molecular weight excluding hydrogens is 198 g/mol. The first-order valence-corrected chi connectivity index (χ1v) is 5.22. The van der Waals surface area contributed by atoms with E-state index in [-0.39, 0.29) is 12.1 Å². The molecule has 0 amide bonds. The fourth-order valence-corrected chi connectivity index (χ4v) is 2.21. The molecular formula is C11H14ClNO. The molecule has 1 aliphatic rings. The van der Waals surface area contributed by atoms with E-state index in [4.69, 9.17) is 22.1 Å². The standard InChI is InChI=1S/C11H14ClNO/c1-7(13)11-10-8(5-6-14-11)3-2-4-9(10)12/h2-4,7,11H,5-6,13H2,1H3/t7-,11+/m0/s1. The van der Waals surface area contributed by atoms with Crippen LogP contribution in [0.1, 0.15) is 24.2 Å². The molecule has 2 rings (SSSR count). The topological polar surface area (TPSA) is 35.2 Å². The first-order valence-electron chi connectivity index (χ1n) is 4.84. The average molecular weight is 212 g/mol. The molecule has 0 aliphatic carbocycles. The van der Waals surface area contributed by atoms with Gasteiger partial charge in [-0.1, -0.05) is 23.7 Å². The molecule has 14 heavy (non-hydrogen) atoms. The van der Waals surface area contributed by atoms with Crippen molar-refractivity contribution in [2.75, 3.05) is 6.61 Å². The highest BCUT2D eigenvalue weighted by Crippen LogP contribution is 2.34. The van der Waals surface area contributed by atoms with Gasteiger partial charge >= 0.3 is 0 Å². The second-order valence-corrected chi connectivity index (χ2v) is 4.12. The minimum atomic E-state index is -0.0487. The van der Waals surface area contributed by atoms with E-state index in [9.17, 15) is 0 Å². The van der Waals surface area contributed by atoms with Crippen molar-refractivity contribution in [2.24, 2.45) is 5.73 Å². The number of rotatable bonds is 1. The molecule has 0 bridgehead atoms. The van der Waals surface area contributed by atoms with Gasteiger partial charge in [0.15, 0.2) is 0 Å². The maximum absolute atomic E-state index is 6.15. The highest BCUT2D eigenvalue weighted by molar-refractivity contribution is 6.31. The highest BCUT2D eigenvalue weighted by atomic mass is 35.5. The van der Waals surface area contributed by atoms with E-state index in [1.807, 2.05) is 19.1 Å². The monoisotopic (exact) mass is 211 g/mol. The molecule has 1 aliphatic heterocycles. The van der Waals surface area contributed by atoms with Gasteiger partial charge in [-0.25, -0.2) is 0 Å². The lowest BCUT2D eigenvalue weighted by molar-refractivity contribution is 0.0285. The summed E-state index contributed by atoms with van der Waals surface area (Å²) in [4.78, 5) is 0. The van der Waals surface area contributed by atoms with Gasteiger partial charge in [-0.2, -0.15) is 0 Å². The lowest BCUT2D eigenvalue weighted by Crippen LogP contribution is -2.31. The van der Waals surface area contributed by atoms with Gasteiger partial charge in [0, 0.05) is 16.6 Å². The summed E-state index contributed by atoms with van der Waals surface area (Å²) in [6.07, 6.45) is 0.881. The average Bonchev–Trinajstić information content (AvgIpc) is 2.17. The summed E-state index contributed by atoms with van der Waals surface area (Å²) < 4.78 is 5.64. The lowest BCUT2D eigenvalue weighted by atomic mass is 9.94. The molecule has 0 aromatic heterocycles. The van der Waals surface area contributed by atoms with Crippen LogP contribution in [0.2, 0.25) is 5.02 Å². The first-order chi connectivity index (χ1) is 6.70. The quantitative estimate of drug-likeness (QED) is 0.774. The van der Waals surface area contributed by atoms with Gasteiger partial charge in [0.25, 0.3) is 0 Å². The van der Waals surface area contributed by atoms with E-state index in [1.165, 1.54) is 5.56 Å². The van der Waals surface area contributed by atoms with Gasteiger partial charge < -0.3 is 10.5 Å². The molecule has 1 heterocycles. The summed E-state index contributed by atoms with van der Waals surface area (Å²) >= 11 is 6.15. The zero-order valence-electron chi connectivity index (χ0n) is 8.16. The number of hydrogen-bond donors (Lipinski definition) is 1. The lowest BCUT2D eigenvalue weighted by Gasteiger charge is -2.29. The number of fused-ring (bicyclic) bond motifs is 1. The molecule has 76 valence electrons. The number of halogens is 1. The van der Waals surface area contributed by atoms with Crippen molar-refractivity contribution in [3.8, 4) is 0 Å². The summed E-state index contributed by atoms with van der Waals surface area (Å²) in [7, 11) is 0. The molecule has 2 nitrogen and oxygen atoms in total. The van der Waals surface area contributed by atoms with Gasteiger partial charge in [-0.15, -0.1) is 0 Å². The highest BCUT2D eigenvalue weighted by Gasteiger charge is 2.25. The minimum absolute atomic E-state index is 0.0195. The fourth-order valence-electron chi connectivity index (χ4n) is 1.91. The third-order valence-electron chi connectivity index (χ3n) is 2.57. The van der Waals surface area contributed by atoms with Crippen LogP contribution in [-0.2, 0) is 11.2 Å². The van der Waals surface area contributed by atoms with Crippen molar-refractivity contribution in [1.29, 1.82) is 0 Å². The zero-order valence-corrected chi connectivity index (χ0v) is 8.92. The molecule has 0 spiro atoms. The second kappa shape index (κ2) is 3.89. The van der Waals surface area contributed by atoms with Gasteiger partial charge in [-0.05, 0) is 25.0 Å². The molecule has 1 aromatic carbocycles. The minimum Gasteiger partial charge on any atom is -0.372 e. The fraction of sp³-hybridized carbons (Fsp3) is 0.455. The van der Waals surface area contributed by atoms with Crippen LogP contribution in [0.5, 0.6) is 0 Å². The Kier molecular flexibility index (Phi) is 2.77. The van der Waals surface area contributed by atoms with E-state index in [0.717, 1.165) is 23.6 Å². The van der Waals surface area contributed by atoms with Crippen LogP contribution in [0, 0.1) is 0 Å². The Bertz CT molecular complexity index is 338. The molecule has 2 atom stereocenters. The van der Waals surface area contributed by atoms with Crippen molar-refractivity contribution in [1.82, 2.24) is 0 Å². The molecule has 1 aromatic rings. The van der Waals surface area contributed by atoms with E-state index in [2.05, 4.69) is 6.07 Å². The van der Waals surface area contributed by atoms with Gasteiger partial charge in [0.2, 0.25) is 0 Å². The Hall–Kier alpha value is -0.570. The van der Waals surface area contributed by atoms with Crippen LogP contribution in [0.25, 0.3) is 0 Å². The predicted molar refractivity (Wildman–Crippen MR) is 57.5 cm³/mol. The Morgan fingerprint density at radius 2 is 2.36 bits per heavy atom. The Balaban J connectivity index is 2.47.